The molecule has 4 amide bonds. The number of halogens is 1. The van der Waals surface area contributed by atoms with E-state index >= 15 is 0 Å². The van der Waals surface area contributed by atoms with E-state index in [0.717, 1.165) is 31.2 Å². The summed E-state index contributed by atoms with van der Waals surface area (Å²) >= 11 is 6.42. The highest BCUT2D eigenvalue weighted by molar-refractivity contribution is 6.35. The number of aryl methyl sites for hydroxylation is 1. The highest BCUT2D eigenvalue weighted by atomic mass is 35.5. The topological polar surface area (TPSA) is 122 Å². The van der Waals surface area contributed by atoms with Gasteiger partial charge in [-0.15, -0.1) is 0 Å². The molecule has 1 aliphatic carbocycles. The minimum Gasteiger partial charge on any atom is -0.370 e. The standard InChI is InChI=1S/C22H25ClN4O4/c1-10-8-12-18(13(23)9-10)25-21(31)22(12)17-16(14(26-22)6-7-15(24)28)19(29)27(20(17)30)11-4-2-3-5-11/h8-9,11,14,16-17,26H,2-7H2,1H3,(H2,24,28)(H,25,31)/t14-,16-,17+,22+/m1/s1. The summed E-state index contributed by atoms with van der Waals surface area (Å²) in [6.07, 6.45) is 3.87. The lowest BCUT2D eigenvalue weighted by atomic mass is 9.76. The van der Waals surface area contributed by atoms with Gasteiger partial charge in [-0.05, 0) is 37.8 Å². The van der Waals surface area contributed by atoms with E-state index in [1.807, 2.05) is 13.0 Å². The lowest BCUT2D eigenvalue weighted by Gasteiger charge is -2.31. The van der Waals surface area contributed by atoms with Gasteiger partial charge in [-0.2, -0.15) is 0 Å². The summed E-state index contributed by atoms with van der Waals surface area (Å²) in [5.74, 6) is -3.03. The minimum absolute atomic E-state index is 0.0604. The molecule has 9 heteroatoms. The van der Waals surface area contributed by atoms with Crippen LogP contribution in [0.25, 0.3) is 0 Å². The molecular formula is C22H25ClN4O4. The lowest BCUT2D eigenvalue weighted by Crippen LogP contribution is -2.54. The largest absolute Gasteiger partial charge is 0.370 e. The Morgan fingerprint density at radius 2 is 1.94 bits per heavy atom. The Morgan fingerprint density at radius 1 is 1.23 bits per heavy atom. The smallest absolute Gasteiger partial charge is 0.250 e. The zero-order valence-corrected chi connectivity index (χ0v) is 18.0. The van der Waals surface area contributed by atoms with E-state index in [-0.39, 0.29) is 36.6 Å². The summed E-state index contributed by atoms with van der Waals surface area (Å²) in [5, 5.41) is 6.54. The van der Waals surface area contributed by atoms with E-state index in [9.17, 15) is 19.2 Å². The number of anilines is 1. The number of primary amides is 1. The second-order valence-corrected chi connectivity index (χ2v) is 9.58. The van der Waals surface area contributed by atoms with Crippen molar-refractivity contribution in [2.75, 3.05) is 5.32 Å². The molecule has 1 aromatic rings. The third kappa shape index (κ3) is 2.77. The van der Waals surface area contributed by atoms with Gasteiger partial charge in [0.1, 0.15) is 5.54 Å². The van der Waals surface area contributed by atoms with E-state index in [1.165, 1.54) is 4.90 Å². The van der Waals surface area contributed by atoms with Gasteiger partial charge in [0.2, 0.25) is 23.6 Å². The Balaban J connectivity index is 1.64. The molecule has 0 unspecified atom stereocenters. The van der Waals surface area contributed by atoms with Crippen molar-refractivity contribution in [3.05, 3.63) is 28.3 Å². The van der Waals surface area contributed by atoms with E-state index in [2.05, 4.69) is 10.6 Å². The SMILES string of the molecule is Cc1cc(Cl)c2c(c1)[C@@]1(N[C@H](CCC(N)=O)[C@H]3C(=O)N(C4CCCC4)C(=O)[C@H]31)C(=O)N2. The highest BCUT2D eigenvalue weighted by Gasteiger charge is 2.71. The Hall–Kier alpha value is -2.45. The zero-order valence-electron chi connectivity index (χ0n) is 17.2. The predicted molar refractivity (Wildman–Crippen MR) is 113 cm³/mol. The van der Waals surface area contributed by atoms with Gasteiger partial charge in [0, 0.05) is 24.1 Å². The van der Waals surface area contributed by atoms with E-state index in [1.54, 1.807) is 6.07 Å². The number of nitrogens with zero attached hydrogens (tertiary/aromatic N) is 1. The van der Waals surface area contributed by atoms with E-state index in [0.29, 0.717) is 16.3 Å². The first kappa shape index (κ1) is 20.5. The molecule has 0 bridgehead atoms. The summed E-state index contributed by atoms with van der Waals surface area (Å²) in [6, 6.07) is 2.96. The monoisotopic (exact) mass is 444 g/mol. The summed E-state index contributed by atoms with van der Waals surface area (Å²) in [7, 11) is 0. The Kier molecular flexibility index (Phi) is 4.64. The Morgan fingerprint density at radius 3 is 2.61 bits per heavy atom. The number of fused-ring (bicyclic) bond motifs is 4. The molecule has 0 aromatic heterocycles. The maximum Gasteiger partial charge on any atom is 0.250 e. The molecule has 2 saturated heterocycles. The first-order valence-corrected chi connectivity index (χ1v) is 11.2. The van der Waals surface area contributed by atoms with Gasteiger partial charge in [0.05, 0.1) is 22.5 Å². The minimum atomic E-state index is -1.39. The van der Waals surface area contributed by atoms with Crippen LogP contribution in [-0.2, 0) is 24.7 Å². The number of benzene rings is 1. The van der Waals surface area contributed by atoms with Crippen LogP contribution in [-0.4, -0.2) is 40.6 Å². The first-order valence-electron chi connectivity index (χ1n) is 10.8. The predicted octanol–water partition coefficient (Wildman–Crippen LogP) is 1.58. The second kappa shape index (κ2) is 7.03. The number of carbonyl (C=O) groups excluding carboxylic acids is 4. The quantitative estimate of drug-likeness (QED) is 0.608. The first-order chi connectivity index (χ1) is 14.8. The molecule has 3 fully saturated rings. The van der Waals surface area contributed by atoms with Crippen molar-refractivity contribution >= 4 is 40.9 Å². The molecule has 3 aliphatic heterocycles. The third-order valence-corrected chi connectivity index (χ3v) is 7.64. The van der Waals surface area contributed by atoms with Crippen LogP contribution in [0, 0.1) is 18.8 Å². The van der Waals surface area contributed by atoms with Crippen LogP contribution in [0.15, 0.2) is 12.1 Å². The fourth-order valence-electron chi connectivity index (χ4n) is 6.08. The van der Waals surface area contributed by atoms with Crippen molar-refractivity contribution in [1.29, 1.82) is 0 Å². The molecule has 4 aliphatic rings. The van der Waals surface area contributed by atoms with Gasteiger partial charge >= 0.3 is 0 Å². The van der Waals surface area contributed by atoms with Gasteiger partial charge in [-0.3, -0.25) is 29.4 Å². The molecule has 164 valence electrons. The average molecular weight is 445 g/mol. The number of hydrogen-bond acceptors (Lipinski definition) is 5. The zero-order chi connectivity index (χ0) is 22.1. The molecule has 4 N–H and O–H groups in total. The van der Waals surface area contributed by atoms with E-state index in [4.69, 9.17) is 17.3 Å². The number of imide groups is 1. The number of nitrogens with two attached hydrogens (primary N) is 1. The van der Waals surface area contributed by atoms with Crippen molar-refractivity contribution in [2.45, 2.75) is 63.1 Å². The summed E-state index contributed by atoms with van der Waals surface area (Å²) < 4.78 is 0. The number of amides is 4. The number of likely N-dealkylation sites (tertiary alicyclic amines) is 1. The average Bonchev–Trinajstić information content (AvgIpc) is 3.43. The van der Waals surface area contributed by atoms with Crippen LogP contribution in [0.5, 0.6) is 0 Å². The molecular weight excluding hydrogens is 420 g/mol. The molecule has 5 rings (SSSR count). The van der Waals surface area contributed by atoms with Crippen LogP contribution in [0.1, 0.15) is 49.7 Å². The molecule has 3 heterocycles. The van der Waals surface area contributed by atoms with Crippen LogP contribution >= 0.6 is 11.6 Å². The van der Waals surface area contributed by atoms with Gasteiger partial charge in [0.15, 0.2) is 0 Å². The molecule has 1 aromatic carbocycles. The fourth-order valence-corrected chi connectivity index (χ4v) is 6.41. The summed E-state index contributed by atoms with van der Waals surface area (Å²) in [6.45, 7) is 1.87. The highest BCUT2D eigenvalue weighted by Crippen LogP contribution is 2.55. The normalized spacial score (nSPS) is 32.1. The summed E-state index contributed by atoms with van der Waals surface area (Å²) in [5.41, 5.74) is 5.88. The van der Waals surface area contributed by atoms with Crippen molar-refractivity contribution < 1.29 is 19.2 Å². The van der Waals surface area contributed by atoms with E-state index < -0.39 is 29.3 Å². The summed E-state index contributed by atoms with van der Waals surface area (Å²) in [4.78, 5) is 53.5. The molecule has 31 heavy (non-hydrogen) atoms. The van der Waals surface area contributed by atoms with Crippen LogP contribution in [0.4, 0.5) is 5.69 Å². The lowest BCUT2D eigenvalue weighted by molar-refractivity contribution is -0.145. The second-order valence-electron chi connectivity index (χ2n) is 9.18. The maximum absolute atomic E-state index is 13.7. The molecule has 1 saturated carbocycles. The Bertz CT molecular complexity index is 1020. The number of carbonyl (C=O) groups is 4. The van der Waals surface area contributed by atoms with Crippen LogP contribution < -0.4 is 16.4 Å². The molecule has 4 atom stereocenters. The number of hydrogen-bond donors (Lipinski definition) is 3. The number of nitrogens with one attached hydrogen (secondary N) is 2. The molecule has 0 radical (unpaired) electrons. The van der Waals surface area contributed by atoms with Crippen LogP contribution in [0.3, 0.4) is 0 Å². The third-order valence-electron chi connectivity index (χ3n) is 7.35. The van der Waals surface area contributed by atoms with Crippen molar-refractivity contribution in [2.24, 2.45) is 17.6 Å². The number of rotatable bonds is 4. The van der Waals surface area contributed by atoms with Gasteiger partial charge in [0.25, 0.3) is 0 Å². The van der Waals surface area contributed by atoms with Crippen molar-refractivity contribution in [3.63, 3.8) is 0 Å². The van der Waals surface area contributed by atoms with Gasteiger partial charge in [-0.25, -0.2) is 0 Å². The van der Waals surface area contributed by atoms with Crippen molar-refractivity contribution in [1.82, 2.24) is 10.2 Å². The Labute approximate surface area is 184 Å². The molecule has 1 spiro atoms. The van der Waals surface area contributed by atoms with Crippen molar-refractivity contribution in [3.8, 4) is 0 Å². The van der Waals surface area contributed by atoms with Crippen LogP contribution in [0.2, 0.25) is 5.02 Å². The molecule has 8 nitrogen and oxygen atoms in total. The van der Waals surface area contributed by atoms with Gasteiger partial charge < -0.3 is 11.1 Å². The fraction of sp³-hybridized carbons (Fsp3) is 0.545. The van der Waals surface area contributed by atoms with Gasteiger partial charge in [-0.1, -0.05) is 30.5 Å². The maximum atomic E-state index is 13.7.